The first kappa shape index (κ1) is 24.1. The molecule has 3 saturated carbocycles. The van der Waals surface area contributed by atoms with E-state index in [1.165, 1.54) is 28.8 Å². The summed E-state index contributed by atoms with van der Waals surface area (Å²) in [6.45, 7) is 4.72. The molecule has 7 rings (SSSR count). The Kier molecular flexibility index (Phi) is 5.24. The molecular weight excluding hydrogens is 518 g/mol. The second kappa shape index (κ2) is 7.81. The summed E-state index contributed by atoms with van der Waals surface area (Å²) in [5, 5.41) is 12.3. The summed E-state index contributed by atoms with van der Waals surface area (Å²) in [7, 11) is 4.19. The number of fused-ring (bicyclic) bond motifs is 2. The third-order valence-corrected chi connectivity index (χ3v) is 13.0. The number of halogens is 1. The van der Waals surface area contributed by atoms with E-state index in [0.717, 1.165) is 64.8 Å². The van der Waals surface area contributed by atoms with Gasteiger partial charge in [0.1, 0.15) is 0 Å². The molecule has 6 heteroatoms. The second-order valence-electron chi connectivity index (χ2n) is 13.0. The predicted molar refractivity (Wildman–Crippen MR) is 144 cm³/mol. The van der Waals surface area contributed by atoms with Gasteiger partial charge in [-0.15, -0.1) is 0 Å². The molecule has 1 aromatic rings. The number of ether oxygens (including phenoxy) is 3. The third-order valence-electron chi connectivity index (χ3n) is 11.0. The SMILES string of the molecule is CN(C)c1ccc([C@H]2C[C@]3(Br)[C@@]4(C)CC[C@@]3(OC4)[C@@H]3CC[C@@]4(O)CC5(CCC4=C32)OCCCO5)cc1. The monoisotopic (exact) mass is 557 g/mol. The van der Waals surface area contributed by atoms with Crippen molar-refractivity contribution in [2.75, 3.05) is 38.8 Å². The fourth-order valence-electron chi connectivity index (χ4n) is 9.08. The smallest absolute Gasteiger partial charge is 0.171 e. The van der Waals surface area contributed by atoms with Crippen molar-refractivity contribution in [3.8, 4) is 0 Å². The summed E-state index contributed by atoms with van der Waals surface area (Å²) in [5.41, 5.74) is 4.47. The van der Waals surface area contributed by atoms with Crippen molar-refractivity contribution in [3.05, 3.63) is 41.0 Å². The van der Waals surface area contributed by atoms with E-state index in [1.807, 2.05) is 0 Å². The number of rotatable bonds is 2. The molecule has 4 aliphatic carbocycles. The third kappa shape index (κ3) is 3.03. The molecule has 0 amide bonds. The Morgan fingerprint density at radius 3 is 2.42 bits per heavy atom. The van der Waals surface area contributed by atoms with Crippen LogP contribution in [-0.2, 0) is 14.2 Å². The molecule has 196 valence electrons. The molecule has 2 bridgehead atoms. The Labute approximate surface area is 223 Å². The van der Waals surface area contributed by atoms with Crippen LogP contribution in [0.1, 0.15) is 76.2 Å². The van der Waals surface area contributed by atoms with Gasteiger partial charge in [0.05, 0.1) is 35.3 Å². The van der Waals surface area contributed by atoms with E-state index in [9.17, 15) is 5.11 Å². The van der Waals surface area contributed by atoms with Gasteiger partial charge in [-0.3, -0.25) is 0 Å². The van der Waals surface area contributed by atoms with E-state index in [2.05, 4.69) is 66.1 Å². The first-order chi connectivity index (χ1) is 17.1. The lowest BCUT2D eigenvalue weighted by molar-refractivity contribution is -0.296. The van der Waals surface area contributed by atoms with E-state index in [0.29, 0.717) is 12.3 Å². The van der Waals surface area contributed by atoms with Gasteiger partial charge in [-0.05, 0) is 68.2 Å². The van der Waals surface area contributed by atoms with E-state index in [4.69, 9.17) is 14.2 Å². The zero-order chi connectivity index (χ0) is 25.0. The number of benzene rings is 1. The Hall–Kier alpha value is -0.920. The van der Waals surface area contributed by atoms with Gasteiger partial charge in [-0.1, -0.05) is 40.6 Å². The van der Waals surface area contributed by atoms with Crippen molar-refractivity contribution in [1.29, 1.82) is 0 Å². The number of nitrogens with zero attached hydrogens (tertiary/aromatic N) is 1. The molecule has 2 saturated heterocycles. The van der Waals surface area contributed by atoms with Gasteiger partial charge in [0.2, 0.25) is 0 Å². The number of aliphatic hydroxyl groups is 1. The van der Waals surface area contributed by atoms with Gasteiger partial charge in [-0.25, -0.2) is 0 Å². The van der Waals surface area contributed by atoms with Crippen molar-refractivity contribution in [3.63, 3.8) is 0 Å². The molecule has 36 heavy (non-hydrogen) atoms. The summed E-state index contributed by atoms with van der Waals surface area (Å²) in [4.78, 5) is 2.16. The lowest BCUT2D eigenvalue weighted by atomic mass is 9.52. The normalized spacial score (nSPS) is 44.8. The van der Waals surface area contributed by atoms with Crippen molar-refractivity contribution in [2.24, 2.45) is 11.3 Å². The number of hydrogen-bond donors (Lipinski definition) is 1. The van der Waals surface area contributed by atoms with Crippen LogP contribution < -0.4 is 4.90 Å². The molecule has 0 unspecified atom stereocenters. The first-order valence-electron chi connectivity index (χ1n) is 14.0. The summed E-state index contributed by atoms with van der Waals surface area (Å²) in [6.07, 6.45) is 8.24. The standard InChI is InChI=1S/C30H40BrNO4/c1-26-13-14-29(36-19-26)24-9-11-27(33)18-28(34-15-4-16-35-28)12-10-23(27)25(24)22(17-30(26,29)31)20-5-7-21(8-6-20)32(2)3/h5-8,22,24,33H,4,9-19H2,1-3H3/t22-,24-,26+,27-,29-,30+/m1/s1. The van der Waals surface area contributed by atoms with Crippen LogP contribution in [0.5, 0.6) is 0 Å². The lowest BCUT2D eigenvalue weighted by Crippen LogP contribution is -2.61. The maximum absolute atomic E-state index is 12.3. The maximum Gasteiger partial charge on any atom is 0.171 e. The highest BCUT2D eigenvalue weighted by atomic mass is 79.9. The van der Waals surface area contributed by atoms with Gasteiger partial charge in [0, 0.05) is 49.9 Å². The summed E-state index contributed by atoms with van der Waals surface area (Å²) in [6, 6.07) is 9.14. The maximum atomic E-state index is 12.3. The molecule has 6 atom stereocenters. The van der Waals surface area contributed by atoms with Crippen LogP contribution in [0.4, 0.5) is 5.69 Å². The Morgan fingerprint density at radius 1 is 1.00 bits per heavy atom. The Morgan fingerprint density at radius 2 is 1.75 bits per heavy atom. The highest BCUT2D eigenvalue weighted by molar-refractivity contribution is 9.10. The average Bonchev–Trinajstić information content (AvgIpc) is 3.23. The van der Waals surface area contributed by atoms with Gasteiger partial charge in [-0.2, -0.15) is 0 Å². The average molecular weight is 559 g/mol. The molecular formula is C30H40BrNO4. The van der Waals surface area contributed by atoms with E-state index in [1.54, 1.807) is 0 Å². The summed E-state index contributed by atoms with van der Waals surface area (Å²) in [5.74, 6) is 0.00203. The highest BCUT2D eigenvalue weighted by Gasteiger charge is 2.76. The van der Waals surface area contributed by atoms with E-state index < -0.39 is 11.4 Å². The highest BCUT2D eigenvalue weighted by Crippen LogP contribution is 2.75. The number of anilines is 1. The van der Waals surface area contributed by atoms with Crippen LogP contribution in [0.3, 0.4) is 0 Å². The van der Waals surface area contributed by atoms with E-state index in [-0.39, 0.29) is 21.3 Å². The molecule has 1 spiro atoms. The number of hydrogen-bond acceptors (Lipinski definition) is 5. The minimum absolute atomic E-state index is 0.0342. The fourth-order valence-corrected chi connectivity index (χ4v) is 10.3. The minimum atomic E-state index is -0.854. The van der Waals surface area contributed by atoms with Crippen LogP contribution in [0.2, 0.25) is 0 Å². The topological polar surface area (TPSA) is 51.2 Å². The summed E-state index contributed by atoms with van der Waals surface area (Å²) < 4.78 is 19.2. The van der Waals surface area contributed by atoms with Crippen LogP contribution in [0, 0.1) is 11.3 Å². The zero-order valence-electron chi connectivity index (χ0n) is 21.9. The summed E-state index contributed by atoms with van der Waals surface area (Å²) >= 11 is 4.40. The van der Waals surface area contributed by atoms with Crippen molar-refractivity contribution in [1.82, 2.24) is 0 Å². The fraction of sp³-hybridized carbons (Fsp3) is 0.733. The van der Waals surface area contributed by atoms with Gasteiger partial charge in [0.15, 0.2) is 5.79 Å². The molecule has 2 heterocycles. The van der Waals surface area contributed by atoms with Crippen molar-refractivity contribution >= 4 is 21.6 Å². The first-order valence-corrected chi connectivity index (χ1v) is 14.8. The Balaban J connectivity index is 1.37. The minimum Gasteiger partial charge on any atom is -0.385 e. The second-order valence-corrected chi connectivity index (χ2v) is 14.3. The van der Waals surface area contributed by atoms with Crippen LogP contribution >= 0.6 is 15.9 Å². The molecule has 1 N–H and O–H groups in total. The zero-order valence-corrected chi connectivity index (χ0v) is 23.5. The lowest BCUT2D eigenvalue weighted by Gasteiger charge is -2.59. The molecule has 0 radical (unpaired) electrons. The largest absolute Gasteiger partial charge is 0.385 e. The van der Waals surface area contributed by atoms with Crippen molar-refractivity contribution in [2.45, 2.75) is 91.9 Å². The molecule has 5 fully saturated rings. The quantitative estimate of drug-likeness (QED) is 0.373. The van der Waals surface area contributed by atoms with Crippen molar-refractivity contribution < 1.29 is 19.3 Å². The molecule has 2 aliphatic heterocycles. The van der Waals surface area contributed by atoms with Crippen LogP contribution in [0.25, 0.3) is 0 Å². The molecule has 6 aliphatic rings. The number of alkyl halides is 1. The Bertz CT molecular complexity index is 1080. The molecule has 5 nitrogen and oxygen atoms in total. The van der Waals surface area contributed by atoms with E-state index >= 15 is 0 Å². The van der Waals surface area contributed by atoms with Gasteiger partial charge < -0.3 is 24.2 Å². The predicted octanol–water partition coefficient (Wildman–Crippen LogP) is 5.70. The molecule has 1 aromatic carbocycles. The van der Waals surface area contributed by atoms with Gasteiger partial charge >= 0.3 is 0 Å². The van der Waals surface area contributed by atoms with Crippen LogP contribution in [0.15, 0.2) is 35.4 Å². The van der Waals surface area contributed by atoms with Crippen LogP contribution in [-0.4, -0.2) is 60.3 Å². The van der Waals surface area contributed by atoms with Gasteiger partial charge in [0.25, 0.3) is 0 Å². The molecule has 0 aromatic heterocycles.